The number of benzene rings is 2. The van der Waals surface area contributed by atoms with Gasteiger partial charge in [0.2, 0.25) is 0 Å². The van der Waals surface area contributed by atoms with Gasteiger partial charge in [0.25, 0.3) is 5.91 Å². The highest BCUT2D eigenvalue weighted by Crippen LogP contribution is 2.32. The minimum absolute atomic E-state index is 0.263. The molecule has 0 saturated carbocycles. The molecule has 2 aromatic carbocycles. The van der Waals surface area contributed by atoms with Crippen LogP contribution in [-0.4, -0.2) is 39.2 Å². The topological polar surface area (TPSA) is 120 Å². The van der Waals surface area contributed by atoms with Crippen molar-refractivity contribution in [1.29, 1.82) is 0 Å². The van der Waals surface area contributed by atoms with Gasteiger partial charge in [0.1, 0.15) is 11.5 Å². The molecule has 0 unspecified atom stereocenters. The van der Waals surface area contributed by atoms with Gasteiger partial charge in [-0.25, -0.2) is 4.79 Å². The minimum Gasteiger partial charge on any atom is -0.495 e. The third kappa shape index (κ3) is 5.78. The van der Waals surface area contributed by atoms with Gasteiger partial charge in [0.15, 0.2) is 0 Å². The van der Waals surface area contributed by atoms with Gasteiger partial charge in [-0.05, 0) is 49.6 Å². The van der Waals surface area contributed by atoms with Gasteiger partial charge in [-0.2, -0.15) is 0 Å². The molecule has 0 saturated heterocycles. The molecule has 0 fully saturated rings. The van der Waals surface area contributed by atoms with Crippen LogP contribution in [0.1, 0.15) is 28.8 Å². The molecule has 8 heteroatoms. The van der Waals surface area contributed by atoms with E-state index in [-0.39, 0.29) is 5.91 Å². The quantitative estimate of drug-likeness (QED) is 0.441. The highest BCUT2D eigenvalue weighted by Gasteiger charge is 2.21. The van der Waals surface area contributed by atoms with Crippen LogP contribution in [-0.2, 0) is 0 Å². The van der Waals surface area contributed by atoms with Crippen molar-refractivity contribution in [1.82, 2.24) is 5.32 Å². The zero-order chi connectivity index (χ0) is 21.4. The fourth-order valence-corrected chi connectivity index (χ4v) is 2.83. The first kappa shape index (κ1) is 21.9. The van der Waals surface area contributed by atoms with Gasteiger partial charge in [-0.15, -0.1) is 0 Å². The third-order valence-electron chi connectivity index (χ3n) is 4.43. The normalized spacial score (nSPS) is 10.3. The Kier molecular flexibility index (Phi) is 7.70. The first-order valence-electron chi connectivity index (χ1n) is 9.32. The number of hydrogen-bond donors (Lipinski definition) is 3. The summed E-state index contributed by atoms with van der Waals surface area (Å²) in [5.41, 5.74) is 13.4. The molecule has 0 aromatic heterocycles. The average Bonchev–Trinajstić information content (AvgIpc) is 2.69. The number of unbranched alkanes of at least 4 members (excludes halogenated alkanes) is 1. The Hall–Kier alpha value is -3.42. The largest absolute Gasteiger partial charge is 0.495 e. The van der Waals surface area contributed by atoms with Gasteiger partial charge in [0, 0.05) is 13.6 Å². The van der Waals surface area contributed by atoms with Crippen molar-refractivity contribution in [2.45, 2.75) is 19.8 Å². The van der Waals surface area contributed by atoms with Crippen LogP contribution >= 0.6 is 0 Å². The van der Waals surface area contributed by atoms with Gasteiger partial charge < -0.3 is 31.2 Å². The van der Waals surface area contributed by atoms with Crippen molar-refractivity contribution in [2.24, 2.45) is 5.73 Å². The lowest BCUT2D eigenvalue weighted by molar-refractivity contribution is 0.0992. The lowest BCUT2D eigenvalue weighted by Crippen LogP contribution is -2.30. The number of rotatable bonds is 9. The smallest absolute Gasteiger partial charge is 0.312 e. The first-order valence-corrected chi connectivity index (χ1v) is 9.32. The van der Waals surface area contributed by atoms with Crippen LogP contribution in [0.5, 0.6) is 11.5 Å². The zero-order valence-electron chi connectivity index (χ0n) is 17.0. The zero-order valence-corrected chi connectivity index (χ0v) is 17.0. The number of aryl methyl sites for hydroxylation is 1. The molecule has 0 spiro atoms. The molecule has 0 radical (unpaired) electrons. The van der Waals surface area contributed by atoms with Gasteiger partial charge >= 0.3 is 6.03 Å². The van der Waals surface area contributed by atoms with E-state index in [1.54, 1.807) is 25.2 Å². The molecule has 0 atom stereocenters. The number of nitrogen functional groups attached to an aromatic ring is 1. The number of nitrogens with zero attached hydrogens (tertiary/aromatic N) is 1. The number of nitrogens with two attached hydrogens (primary N) is 2. The highest BCUT2D eigenvalue weighted by atomic mass is 16.5. The molecule has 0 aliphatic carbocycles. The SMILES string of the molecule is COc1cccc(C(=O)N(C)c2ccc(C)cc2OCCCCNC(N)=O)c1N. The number of carbonyl (C=O) groups is 2. The summed E-state index contributed by atoms with van der Waals surface area (Å²) in [6.07, 6.45) is 1.47. The van der Waals surface area contributed by atoms with Crippen LogP contribution in [0, 0.1) is 6.92 Å². The summed E-state index contributed by atoms with van der Waals surface area (Å²) >= 11 is 0. The van der Waals surface area contributed by atoms with Crippen molar-refractivity contribution in [2.75, 3.05) is 37.9 Å². The van der Waals surface area contributed by atoms with Crippen LogP contribution in [0.15, 0.2) is 36.4 Å². The highest BCUT2D eigenvalue weighted by molar-refractivity contribution is 6.10. The van der Waals surface area contributed by atoms with Crippen molar-refractivity contribution in [3.05, 3.63) is 47.5 Å². The molecule has 2 rings (SSSR count). The van der Waals surface area contributed by atoms with E-state index in [4.69, 9.17) is 20.9 Å². The van der Waals surface area contributed by atoms with Crippen molar-refractivity contribution >= 4 is 23.3 Å². The Morgan fingerprint density at radius 2 is 1.90 bits per heavy atom. The number of anilines is 2. The third-order valence-corrected chi connectivity index (χ3v) is 4.43. The predicted octanol–water partition coefficient (Wildman–Crippen LogP) is 2.69. The number of urea groups is 1. The number of carbonyl (C=O) groups excluding carboxylic acids is 2. The summed E-state index contributed by atoms with van der Waals surface area (Å²) in [7, 11) is 3.18. The molecule has 8 nitrogen and oxygen atoms in total. The van der Waals surface area contributed by atoms with E-state index in [9.17, 15) is 9.59 Å². The second-order valence-electron chi connectivity index (χ2n) is 6.60. The van der Waals surface area contributed by atoms with Crippen molar-refractivity contribution in [3.8, 4) is 11.5 Å². The van der Waals surface area contributed by atoms with E-state index in [0.29, 0.717) is 41.6 Å². The van der Waals surface area contributed by atoms with E-state index in [2.05, 4.69) is 5.32 Å². The maximum atomic E-state index is 13.0. The monoisotopic (exact) mass is 400 g/mol. The van der Waals surface area contributed by atoms with E-state index in [0.717, 1.165) is 18.4 Å². The summed E-state index contributed by atoms with van der Waals surface area (Å²) in [5.74, 6) is 0.792. The molecule has 3 amide bonds. The van der Waals surface area contributed by atoms with Crippen LogP contribution in [0.4, 0.5) is 16.2 Å². The van der Waals surface area contributed by atoms with Crippen LogP contribution in [0.3, 0.4) is 0 Å². The van der Waals surface area contributed by atoms with Crippen molar-refractivity contribution < 1.29 is 19.1 Å². The summed E-state index contributed by atoms with van der Waals surface area (Å²) in [6.45, 7) is 2.89. The first-order chi connectivity index (χ1) is 13.8. The molecule has 0 heterocycles. The number of hydrogen-bond acceptors (Lipinski definition) is 5. The summed E-state index contributed by atoms with van der Waals surface area (Å²) in [4.78, 5) is 25.2. The average molecular weight is 400 g/mol. The Morgan fingerprint density at radius 1 is 1.14 bits per heavy atom. The molecule has 2 aromatic rings. The van der Waals surface area contributed by atoms with Gasteiger partial charge in [-0.1, -0.05) is 12.1 Å². The van der Waals surface area contributed by atoms with E-state index in [1.807, 2.05) is 25.1 Å². The number of methoxy groups -OCH3 is 1. The Bertz CT molecular complexity index is 870. The molecular formula is C21H28N4O4. The number of nitrogens with one attached hydrogen (secondary N) is 1. The number of primary amides is 1. The molecule has 29 heavy (non-hydrogen) atoms. The van der Waals surface area contributed by atoms with E-state index in [1.165, 1.54) is 12.0 Å². The van der Waals surface area contributed by atoms with Gasteiger partial charge in [0.05, 0.1) is 30.7 Å². The number of ether oxygens (including phenoxy) is 2. The fourth-order valence-electron chi connectivity index (χ4n) is 2.83. The Morgan fingerprint density at radius 3 is 2.59 bits per heavy atom. The molecule has 0 bridgehead atoms. The summed E-state index contributed by atoms with van der Waals surface area (Å²) < 4.78 is 11.1. The van der Waals surface area contributed by atoms with Gasteiger partial charge in [-0.3, -0.25) is 4.79 Å². The fraction of sp³-hybridized carbons (Fsp3) is 0.333. The van der Waals surface area contributed by atoms with E-state index >= 15 is 0 Å². The van der Waals surface area contributed by atoms with Crippen molar-refractivity contribution in [3.63, 3.8) is 0 Å². The molecular weight excluding hydrogens is 372 g/mol. The second-order valence-corrected chi connectivity index (χ2v) is 6.60. The molecule has 0 aliphatic heterocycles. The maximum absolute atomic E-state index is 13.0. The molecule has 156 valence electrons. The summed E-state index contributed by atoms with van der Waals surface area (Å²) in [5, 5.41) is 2.54. The molecule has 5 N–H and O–H groups in total. The van der Waals surface area contributed by atoms with Crippen LogP contribution in [0.2, 0.25) is 0 Å². The van der Waals surface area contributed by atoms with E-state index < -0.39 is 6.03 Å². The summed E-state index contributed by atoms with van der Waals surface area (Å²) in [6, 6.07) is 10.2. The minimum atomic E-state index is -0.538. The van der Waals surface area contributed by atoms with Crippen LogP contribution < -0.4 is 31.2 Å². The standard InChI is InChI=1S/C21H28N4O4/c1-14-9-10-16(18(13-14)29-12-5-4-11-24-21(23)27)25(2)20(26)15-7-6-8-17(28-3)19(15)22/h6-10,13H,4-5,11-12,22H2,1-3H3,(H3,23,24,27). The Labute approximate surface area is 170 Å². The lowest BCUT2D eigenvalue weighted by atomic mass is 10.1. The maximum Gasteiger partial charge on any atom is 0.312 e. The Balaban J connectivity index is 2.13. The number of para-hydroxylation sites is 1. The second kappa shape index (κ2) is 10.2. The predicted molar refractivity (Wildman–Crippen MR) is 114 cm³/mol. The lowest BCUT2D eigenvalue weighted by Gasteiger charge is -2.22. The molecule has 0 aliphatic rings. The number of amides is 3. The van der Waals surface area contributed by atoms with Crippen LogP contribution in [0.25, 0.3) is 0 Å².